The Kier molecular flexibility index (Phi) is 13.1. The molecular weight excluding hydrogens is 543 g/mol. The second-order valence-corrected chi connectivity index (χ2v) is 11.1. The van der Waals surface area contributed by atoms with Gasteiger partial charge in [0.25, 0.3) is 5.79 Å². The van der Waals surface area contributed by atoms with E-state index in [0.29, 0.717) is 44.8 Å². The highest BCUT2D eigenvalue weighted by Gasteiger charge is 2.47. The summed E-state index contributed by atoms with van der Waals surface area (Å²) >= 11 is 0. The molecule has 4 rings (SSSR count). The van der Waals surface area contributed by atoms with E-state index in [1.54, 1.807) is 18.2 Å². The van der Waals surface area contributed by atoms with Crippen molar-refractivity contribution in [1.82, 2.24) is 0 Å². The van der Waals surface area contributed by atoms with Crippen molar-refractivity contribution in [2.75, 3.05) is 26.9 Å². The molecule has 1 aromatic rings. The molecule has 0 aromatic heterocycles. The number of rotatable bonds is 14. The SMILES string of the molecule is COC(=O)C(CC=C=CC[C@H]1[C@@H](O)CC[C@@H]1/C=C/CCOc1ccc(F)cc1)(OC1CCCCO1)OC1CCCCO1. The zero-order valence-electron chi connectivity index (χ0n) is 24.6. The molecule has 5 atom stereocenters. The van der Waals surface area contributed by atoms with Crippen LogP contribution in [0.1, 0.15) is 70.6 Å². The van der Waals surface area contributed by atoms with Crippen molar-refractivity contribution >= 4 is 5.97 Å². The van der Waals surface area contributed by atoms with Crippen molar-refractivity contribution in [3.8, 4) is 5.75 Å². The Morgan fingerprint density at radius 1 is 1.02 bits per heavy atom. The first kappa shape index (κ1) is 32.4. The largest absolute Gasteiger partial charge is 0.493 e. The van der Waals surface area contributed by atoms with Crippen LogP contribution in [0.25, 0.3) is 0 Å². The minimum atomic E-state index is -1.70. The van der Waals surface area contributed by atoms with E-state index in [4.69, 9.17) is 28.4 Å². The third kappa shape index (κ3) is 9.76. The van der Waals surface area contributed by atoms with Crippen molar-refractivity contribution in [3.63, 3.8) is 0 Å². The van der Waals surface area contributed by atoms with Crippen LogP contribution in [0.5, 0.6) is 5.75 Å². The van der Waals surface area contributed by atoms with Crippen LogP contribution in [-0.4, -0.2) is 62.5 Å². The summed E-state index contributed by atoms with van der Waals surface area (Å²) in [6, 6.07) is 5.99. The smallest absolute Gasteiger partial charge is 0.367 e. The lowest BCUT2D eigenvalue weighted by atomic mass is 9.91. The van der Waals surface area contributed by atoms with Gasteiger partial charge in [0.05, 0.1) is 19.8 Å². The number of hydrogen-bond acceptors (Lipinski definition) is 8. The molecule has 3 aliphatic rings. The summed E-state index contributed by atoms with van der Waals surface area (Å²) in [6.07, 6.45) is 14.6. The molecule has 2 saturated heterocycles. The van der Waals surface area contributed by atoms with Gasteiger partial charge in [-0.15, -0.1) is 5.73 Å². The zero-order chi connectivity index (χ0) is 29.6. The molecule has 0 amide bonds. The van der Waals surface area contributed by atoms with Crippen molar-refractivity contribution < 1.29 is 42.7 Å². The van der Waals surface area contributed by atoms with Crippen molar-refractivity contribution in [1.29, 1.82) is 0 Å². The predicted octanol–water partition coefficient (Wildman–Crippen LogP) is 5.99. The number of aliphatic hydroxyl groups is 1. The Labute approximate surface area is 248 Å². The quantitative estimate of drug-likeness (QED) is 0.0933. The summed E-state index contributed by atoms with van der Waals surface area (Å²) < 4.78 is 47.7. The van der Waals surface area contributed by atoms with Crippen LogP contribution >= 0.6 is 0 Å². The number of carbonyl (C=O) groups is 1. The number of allylic oxidation sites excluding steroid dienone is 1. The van der Waals surface area contributed by atoms with Gasteiger partial charge in [0.1, 0.15) is 11.6 Å². The standard InChI is InChI=1S/C33H45FO8/c1-37-32(36)33(41-30-13-5-9-23-39-30,42-31-14-6-10-24-40-31)21-7-2-3-12-28-25(15-20-29(28)35)11-4-8-22-38-27-18-16-26(34)17-19-27/h3-4,7,11,16-19,25,28-31,35H,5-6,8-10,12-15,20-24H2,1H3/b11-4+/t2?,25-,28+,29-,30?,31?,33?/m0/s1. The van der Waals surface area contributed by atoms with E-state index in [-0.39, 0.29) is 30.2 Å². The van der Waals surface area contributed by atoms with Gasteiger partial charge < -0.3 is 33.5 Å². The summed E-state index contributed by atoms with van der Waals surface area (Å²) in [5.74, 6) is -1.66. The van der Waals surface area contributed by atoms with E-state index >= 15 is 0 Å². The number of ether oxygens (including phenoxy) is 6. The topological polar surface area (TPSA) is 92.7 Å². The molecule has 1 aromatic carbocycles. The van der Waals surface area contributed by atoms with Gasteiger partial charge in [-0.2, -0.15) is 0 Å². The van der Waals surface area contributed by atoms with Crippen LogP contribution in [0.15, 0.2) is 54.3 Å². The number of esters is 1. The summed E-state index contributed by atoms with van der Waals surface area (Å²) in [7, 11) is 1.32. The van der Waals surface area contributed by atoms with Gasteiger partial charge in [-0.1, -0.05) is 12.2 Å². The molecule has 9 heteroatoms. The number of methoxy groups -OCH3 is 1. The molecule has 2 heterocycles. The second kappa shape index (κ2) is 16.9. The average Bonchev–Trinajstić information content (AvgIpc) is 3.36. The molecule has 1 saturated carbocycles. The molecule has 1 aliphatic carbocycles. The van der Waals surface area contributed by atoms with E-state index in [0.717, 1.165) is 44.9 Å². The average molecular weight is 589 g/mol. The molecule has 0 radical (unpaired) electrons. The normalized spacial score (nSPS) is 27.6. The maximum Gasteiger partial charge on any atom is 0.367 e. The lowest BCUT2D eigenvalue weighted by Crippen LogP contribution is -2.51. The third-order valence-corrected chi connectivity index (χ3v) is 8.00. The monoisotopic (exact) mass is 588 g/mol. The summed E-state index contributed by atoms with van der Waals surface area (Å²) in [5, 5.41) is 10.6. The number of benzene rings is 1. The van der Waals surface area contributed by atoms with Crippen LogP contribution in [0.3, 0.4) is 0 Å². The molecular formula is C33H45FO8. The van der Waals surface area contributed by atoms with Gasteiger partial charge in [0.15, 0.2) is 12.6 Å². The zero-order valence-corrected chi connectivity index (χ0v) is 24.6. The van der Waals surface area contributed by atoms with Crippen LogP contribution in [0, 0.1) is 17.7 Å². The van der Waals surface area contributed by atoms with E-state index in [9.17, 15) is 14.3 Å². The fraction of sp³-hybridized carbons (Fsp3) is 0.636. The van der Waals surface area contributed by atoms with Crippen LogP contribution in [0.4, 0.5) is 4.39 Å². The lowest BCUT2D eigenvalue weighted by Gasteiger charge is -2.38. The van der Waals surface area contributed by atoms with Crippen LogP contribution < -0.4 is 4.74 Å². The Balaban J connectivity index is 1.34. The third-order valence-electron chi connectivity index (χ3n) is 8.00. The number of aliphatic hydroxyl groups excluding tert-OH is 1. The molecule has 0 spiro atoms. The highest BCUT2D eigenvalue weighted by molar-refractivity contribution is 5.78. The first-order valence-corrected chi connectivity index (χ1v) is 15.3. The van der Waals surface area contributed by atoms with Gasteiger partial charge in [-0.05, 0) is 112 Å². The minimum absolute atomic E-state index is 0.0734. The van der Waals surface area contributed by atoms with Gasteiger partial charge in [0.2, 0.25) is 0 Å². The Morgan fingerprint density at radius 2 is 1.71 bits per heavy atom. The van der Waals surface area contributed by atoms with Gasteiger partial charge in [0, 0.05) is 19.6 Å². The number of halogens is 1. The van der Waals surface area contributed by atoms with Crippen molar-refractivity contribution in [2.24, 2.45) is 11.8 Å². The maximum atomic E-state index is 13.1. The fourth-order valence-electron chi connectivity index (χ4n) is 5.67. The van der Waals surface area contributed by atoms with Crippen molar-refractivity contribution in [3.05, 3.63) is 60.1 Å². The maximum absolute atomic E-state index is 13.1. The lowest BCUT2D eigenvalue weighted by molar-refractivity contribution is -0.350. The Hall–Kier alpha value is -2.52. The highest BCUT2D eigenvalue weighted by Crippen LogP contribution is 2.36. The molecule has 232 valence electrons. The minimum Gasteiger partial charge on any atom is -0.493 e. The van der Waals surface area contributed by atoms with Crippen molar-refractivity contribution in [2.45, 2.75) is 95.1 Å². The first-order chi connectivity index (χ1) is 20.5. The van der Waals surface area contributed by atoms with Crippen LogP contribution in [-0.2, 0) is 28.5 Å². The van der Waals surface area contributed by atoms with Gasteiger partial charge >= 0.3 is 5.97 Å². The molecule has 8 nitrogen and oxygen atoms in total. The van der Waals surface area contributed by atoms with E-state index in [2.05, 4.69) is 17.9 Å². The summed E-state index contributed by atoms with van der Waals surface area (Å²) in [5.41, 5.74) is 3.18. The number of hydrogen-bond donors (Lipinski definition) is 1. The molecule has 3 fully saturated rings. The van der Waals surface area contributed by atoms with E-state index in [1.807, 2.05) is 6.08 Å². The summed E-state index contributed by atoms with van der Waals surface area (Å²) in [4.78, 5) is 13.1. The first-order valence-electron chi connectivity index (χ1n) is 15.3. The van der Waals surface area contributed by atoms with Gasteiger partial charge in [-0.3, -0.25) is 0 Å². The molecule has 42 heavy (non-hydrogen) atoms. The molecule has 2 aliphatic heterocycles. The summed E-state index contributed by atoms with van der Waals surface area (Å²) in [6.45, 7) is 1.63. The molecule has 0 bridgehead atoms. The molecule has 2 unspecified atom stereocenters. The predicted molar refractivity (Wildman–Crippen MR) is 154 cm³/mol. The number of carbonyl (C=O) groups excluding carboxylic acids is 1. The molecule has 1 N–H and O–H groups in total. The van der Waals surface area contributed by atoms with E-state index in [1.165, 1.54) is 19.2 Å². The second-order valence-electron chi connectivity index (χ2n) is 11.1. The van der Waals surface area contributed by atoms with Crippen LogP contribution in [0.2, 0.25) is 0 Å². The fourth-order valence-corrected chi connectivity index (χ4v) is 5.67. The van der Waals surface area contributed by atoms with E-state index < -0.39 is 24.3 Å². The Morgan fingerprint density at radius 3 is 2.33 bits per heavy atom. The Bertz CT molecular complexity index is 1020. The highest BCUT2D eigenvalue weighted by atomic mass is 19.1. The van der Waals surface area contributed by atoms with Gasteiger partial charge in [-0.25, -0.2) is 9.18 Å².